The molecule has 0 aromatic heterocycles. The molecule has 0 amide bonds. The summed E-state index contributed by atoms with van der Waals surface area (Å²) in [6, 6.07) is 0. The highest BCUT2D eigenvalue weighted by Crippen LogP contribution is 2.14. The van der Waals surface area contributed by atoms with E-state index >= 15 is 0 Å². The van der Waals surface area contributed by atoms with Gasteiger partial charge in [0.15, 0.2) is 0 Å². The van der Waals surface area contributed by atoms with E-state index < -0.39 is 0 Å². The first-order valence-corrected chi connectivity index (χ1v) is 3.66. The zero-order chi connectivity index (χ0) is 6.69. The molecule has 1 aliphatic heterocycles. The van der Waals surface area contributed by atoms with Crippen molar-refractivity contribution in [1.29, 1.82) is 0 Å². The minimum Gasteiger partial charge on any atom is -0.381 e. The van der Waals surface area contributed by atoms with Crippen LogP contribution in [0.1, 0.15) is 19.8 Å². The molecule has 0 saturated carbocycles. The number of rotatable bonds is 1. The number of hydrogen-bond donors (Lipinski definition) is 1. The van der Waals surface area contributed by atoms with Gasteiger partial charge in [-0.05, 0) is 18.8 Å². The molecule has 0 bridgehead atoms. The first-order chi connectivity index (χ1) is 4.33. The fraction of sp³-hybridized carbons (Fsp3) is 1.00. The van der Waals surface area contributed by atoms with Crippen LogP contribution in [0.25, 0.3) is 0 Å². The van der Waals surface area contributed by atoms with E-state index in [0.29, 0.717) is 0 Å². The molecule has 1 heterocycles. The summed E-state index contributed by atoms with van der Waals surface area (Å²) in [5.74, 6) is 0.868. The Bertz CT molecular complexity index is 77.0. The zero-order valence-electron chi connectivity index (χ0n) is 6.01. The van der Waals surface area contributed by atoms with E-state index in [1.165, 1.54) is 12.8 Å². The van der Waals surface area contributed by atoms with Crippen molar-refractivity contribution in [2.24, 2.45) is 5.92 Å². The zero-order valence-corrected chi connectivity index (χ0v) is 6.01. The van der Waals surface area contributed by atoms with Gasteiger partial charge in [0.1, 0.15) is 0 Å². The molecule has 0 spiro atoms. The van der Waals surface area contributed by atoms with Gasteiger partial charge in [0, 0.05) is 13.1 Å². The third-order valence-electron chi connectivity index (χ3n) is 2.08. The lowest BCUT2D eigenvalue weighted by Crippen LogP contribution is -2.33. The van der Waals surface area contributed by atoms with E-state index in [-0.39, 0.29) is 6.73 Å². The fourth-order valence-electron chi connectivity index (χ4n) is 1.20. The minimum atomic E-state index is 0.243. The molecule has 0 aromatic carbocycles. The second-order valence-electron chi connectivity index (χ2n) is 2.94. The number of nitrogens with zero attached hydrogens (tertiary/aromatic N) is 1. The predicted octanol–water partition coefficient (Wildman–Crippen LogP) is 0.668. The Kier molecular flexibility index (Phi) is 2.49. The minimum absolute atomic E-state index is 0.243. The lowest BCUT2D eigenvalue weighted by Gasteiger charge is -2.27. The van der Waals surface area contributed by atoms with Crippen LogP contribution in [0.2, 0.25) is 0 Å². The number of likely N-dealkylation sites (tertiary alicyclic amines) is 1. The molecule has 0 radical (unpaired) electrons. The van der Waals surface area contributed by atoms with E-state index in [4.69, 9.17) is 5.11 Å². The molecular weight excluding hydrogens is 114 g/mol. The molecule has 9 heavy (non-hydrogen) atoms. The van der Waals surface area contributed by atoms with Crippen molar-refractivity contribution in [2.75, 3.05) is 19.8 Å². The Labute approximate surface area is 56.5 Å². The Hall–Kier alpha value is -0.0800. The van der Waals surface area contributed by atoms with Crippen molar-refractivity contribution in [3.63, 3.8) is 0 Å². The van der Waals surface area contributed by atoms with Gasteiger partial charge in [0.05, 0.1) is 6.73 Å². The number of hydrogen-bond acceptors (Lipinski definition) is 2. The highest BCUT2D eigenvalue weighted by molar-refractivity contribution is 4.66. The van der Waals surface area contributed by atoms with E-state index in [1.807, 2.05) is 0 Å². The Morgan fingerprint density at radius 3 is 2.44 bits per heavy atom. The predicted molar refractivity (Wildman–Crippen MR) is 37.1 cm³/mol. The molecule has 0 aliphatic carbocycles. The smallest absolute Gasteiger partial charge is 0.0956 e. The van der Waals surface area contributed by atoms with Crippen LogP contribution in [0.3, 0.4) is 0 Å². The fourth-order valence-corrected chi connectivity index (χ4v) is 1.20. The Morgan fingerprint density at radius 1 is 1.44 bits per heavy atom. The van der Waals surface area contributed by atoms with Crippen molar-refractivity contribution in [3.8, 4) is 0 Å². The van der Waals surface area contributed by atoms with Gasteiger partial charge in [-0.15, -0.1) is 0 Å². The van der Waals surface area contributed by atoms with Gasteiger partial charge in [-0.25, -0.2) is 0 Å². The first kappa shape index (κ1) is 7.03. The molecule has 1 saturated heterocycles. The molecule has 1 rings (SSSR count). The average Bonchev–Trinajstić information content (AvgIpc) is 1.90. The van der Waals surface area contributed by atoms with Gasteiger partial charge in [-0.2, -0.15) is 0 Å². The van der Waals surface area contributed by atoms with E-state index in [9.17, 15) is 0 Å². The van der Waals surface area contributed by atoms with Crippen molar-refractivity contribution in [3.05, 3.63) is 0 Å². The average molecular weight is 129 g/mol. The maximum atomic E-state index is 8.70. The second kappa shape index (κ2) is 3.18. The van der Waals surface area contributed by atoms with Crippen molar-refractivity contribution < 1.29 is 5.11 Å². The molecule has 1 aliphatic rings. The summed E-state index contributed by atoms with van der Waals surface area (Å²) in [5, 5.41) is 8.70. The van der Waals surface area contributed by atoms with E-state index in [0.717, 1.165) is 19.0 Å². The van der Waals surface area contributed by atoms with E-state index in [2.05, 4.69) is 11.8 Å². The third-order valence-corrected chi connectivity index (χ3v) is 2.08. The monoisotopic (exact) mass is 129 g/mol. The number of piperidine rings is 1. The summed E-state index contributed by atoms with van der Waals surface area (Å²) in [6.45, 7) is 4.68. The normalized spacial score (nSPS) is 24.7. The Balaban J connectivity index is 2.18. The molecule has 1 N–H and O–H groups in total. The lowest BCUT2D eigenvalue weighted by atomic mass is 10.00. The van der Waals surface area contributed by atoms with Gasteiger partial charge in [-0.3, -0.25) is 4.90 Å². The Morgan fingerprint density at radius 2 is 2.00 bits per heavy atom. The highest BCUT2D eigenvalue weighted by atomic mass is 16.3. The summed E-state index contributed by atoms with van der Waals surface area (Å²) >= 11 is 0. The molecule has 2 heteroatoms. The van der Waals surface area contributed by atoms with Gasteiger partial charge in [0.2, 0.25) is 0 Å². The maximum absolute atomic E-state index is 8.70. The topological polar surface area (TPSA) is 23.5 Å². The number of aliphatic hydroxyl groups is 1. The van der Waals surface area contributed by atoms with Crippen molar-refractivity contribution in [1.82, 2.24) is 4.90 Å². The van der Waals surface area contributed by atoms with E-state index in [1.54, 1.807) is 0 Å². The van der Waals surface area contributed by atoms with Crippen molar-refractivity contribution in [2.45, 2.75) is 19.8 Å². The van der Waals surface area contributed by atoms with Gasteiger partial charge < -0.3 is 5.11 Å². The van der Waals surface area contributed by atoms with Crippen LogP contribution < -0.4 is 0 Å². The summed E-state index contributed by atoms with van der Waals surface area (Å²) in [6.07, 6.45) is 2.50. The number of aliphatic hydroxyl groups excluding tert-OH is 1. The summed E-state index contributed by atoms with van der Waals surface area (Å²) < 4.78 is 0. The van der Waals surface area contributed by atoms with Crippen molar-refractivity contribution >= 4 is 0 Å². The molecule has 2 nitrogen and oxygen atoms in total. The standard InChI is InChI=1S/C7H15NO/c1-7-2-4-8(6-9)5-3-7/h7,9H,2-6H2,1H3. The second-order valence-corrected chi connectivity index (χ2v) is 2.94. The van der Waals surface area contributed by atoms with Crippen LogP contribution >= 0.6 is 0 Å². The molecule has 0 atom stereocenters. The van der Waals surface area contributed by atoms with Gasteiger partial charge in [0.25, 0.3) is 0 Å². The van der Waals surface area contributed by atoms with Crippen LogP contribution in [0, 0.1) is 5.92 Å². The summed E-state index contributed by atoms with van der Waals surface area (Å²) in [7, 11) is 0. The molecule has 0 aromatic rings. The van der Waals surface area contributed by atoms with Crippen LogP contribution in [0.5, 0.6) is 0 Å². The molecule has 0 unspecified atom stereocenters. The molecule has 1 fully saturated rings. The van der Waals surface area contributed by atoms with Gasteiger partial charge >= 0.3 is 0 Å². The summed E-state index contributed by atoms with van der Waals surface area (Å²) in [4.78, 5) is 2.08. The largest absolute Gasteiger partial charge is 0.381 e. The highest BCUT2D eigenvalue weighted by Gasteiger charge is 2.13. The molecule has 54 valence electrons. The van der Waals surface area contributed by atoms with Crippen LogP contribution in [-0.4, -0.2) is 29.8 Å². The first-order valence-electron chi connectivity index (χ1n) is 3.66. The third kappa shape index (κ3) is 1.95. The summed E-state index contributed by atoms with van der Waals surface area (Å²) in [5.41, 5.74) is 0. The van der Waals surface area contributed by atoms with Crippen LogP contribution in [-0.2, 0) is 0 Å². The molecular formula is C7H15NO. The SMILES string of the molecule is CC1CCN(CO)CC1. The maximum Gasteiger partial charge on any atom is 0.0956 e. The van der Waals surface area contributed by atoms with Crippen LogP contribution in [0.15, 0.2) is 0 Å². The quantitative estimate of drug-likeness (QED) is 0.562. The van der Waals surface area contributed by atoms with Gasteiger partial charge in [-0.1, -0.05) is 6.92 Å². The lowest BCUT2D eigenvalue weighted by molar-refractivity contribution is 0.0762. The van der Waals surface area contributed by atoms with Crippen LogP contribution in [0.4, 0.5) is 0 Å².